The van der Waals surface area contributed by atoms with Crippen LogP contribution in [0.2, 0.25) is 0 Å². The molecule has 5 heteroatoms. The number of hydrogen-bond donors (Lipinski definition) is 2. The molecule has 0 saturated carbocycles. The largest absolute Gasteiger partial charge is 0.353 e. The second-order valence-electron chi connectivity index (χ2n) is 6.83. The number of carbonyl (C=O) groups excluding carboxylic acids is 2. The molecule has 3 rings (SSSR count). The predicted molar refractivity (Wildman–Crippen MR) is 117 cm³/mol. The van der Waals surface area contributed by atoms with Crippen LogP contribution >= 0.6 is 0 Å². The Balaban J connectivity index is 1.83. The average Bonchev–Trinajstić information content (AvgIpc) is 2.80. The molecule has 2 amide bonds. The van der Waals surface area contributed by atoms with Gasteiger partial charge in [0, 0.05) is 18.5 Å². The Hall–Kier alpha value is -3.91. The topological polar surface area (TPSA) is 82.0 Å². The van der Waals surface area contributed by atoms with Gasteiger partial charge in [-0.1, -0.05) is 78.9 Å². The summed E-state index contributed by atoms with van der Waals surface area (Å²) in [6.45, 7) is 0.247. The Labute approximate surface area is 176 Å². The minimum Gasteiger partial charge on any atom is -0.353 e. The smallest absolute Gasteiger partial charge is 0.252 e. The minimum absolute atomic E-state index is 0.217. The maximum absolute atomic E-state index is 13.1. The highest BCUT2D eigenvalue weighted by atomic mass is 16.2. The molecule has 0 radical (unpaired) electrons. The zero-order valence-electron chi connectivity index (χ0n) is 16.5. The van der Waals surface area contributed by atoms with Gasteiger partial charge in [-0.3, -0.25) is 9.59 Å². The lowest BCUT2D eigenvalue weighted by atomic mass is 9.98. The molecule has 0 heterocycles. The molecule has 3 aromatic rings. The number of hydrogen-bond acceptors (Lipinski definition) is 3. The van der Waals surface area contributed by atoms with Crippen LogP contribution in [0.25, 0.3) is 11.1 Å². The van der Waals surface area contributed by atoms with Crippen LogP contribution in [-0.4, -0.2) is 24.4 Å². The lowest BCUT2D eigenvalue weighted by molar-refractivity contribution is -0.122. The van der Waals surface area contributed by atoms with Gasteiger partial charge in [0.25, 0.3) is 5.91 Å². The van der Waals surface area contributed by atoms with E-state index >= 15 is 0 Å². The third-order valence-electron chi connectivity index (χ3n) is 4.70. The van der Waals surface area contributed by atoms with Gasteiger partial charge in [0.05, 0.1) is 12.5 Å². The van der Waals surface area contributed by atoms with Crippen LogP contribution in [0.15, 0.2) is 84.9 Å². The van der Waals surface area contributed by atoms with Crippen molar-refractivity contribution in [1.29, 1.82) is 5.26 Å². The first-order valence-electron chi connectivity index (χ1n) is 9.83. The fraction of sp³-hybridized carbons (Fsp3) is 0.160. The summed E-state index contributed by atoms with van der Waals surface area (Å²) in [7, 11) is 0. The molecule has 0 spiro atoms. The van der Waals surface area contributed by atoms with E-state index in [0.29, 0.717) is 12.0 Å². The van der Waals surface area contributed by atoms with Crippen molar-refractivity contribution in [1.82, 2.24) is 10.6 Å². The van der Waals surface area contributed by atoms with Gasteiger partial charge in [-0.2, -0.15) is 5.26 Å². The van der Waals surface area contributed by atoms with Crippen molar-refractivity contribution in [3.05, 3.63) is 96.1 Å². The van der Waals surface area contributed by atoms with Crippen LogP contribution in [0.5, 0.6) is 0 Å². The molecule has 0 saturated heterocycles. The third kappa shape index (κ3) is 5.55. The fourth-order valence-corrected chi connectivity index (χ4v) is 3.21. The quantitative estimate of drug-likeness (QED) is 0.568. The fourth-order valence-electron chi connectivity index (χ4n) is 3.21. The van der Waals surface area contributed by atoms with E-state index in [9.17, 15) is 9.59 Å². The molecular formula is C25H23N3O2. The first-order chi connectivity index (χ1) is 14.7. The van der Waals surface area contributed by atoms with Gasteiger partial charge >= 0.3 is 0 Å². The minimum atomic E-state index is -0.748. The van der Waals surface area contributed by atoms with Crippen molar-refractivity contribution in [3.63, 3.8) is 0 Å². The molecular weight excluding hydrogens is 374 g/mol. The maximum atomic E-state index is 13.1. The van der Waals surface area contributed by atoms with Crippen LogP contribution < -0.4 is 10.6 Å². The number of amides is 2. The summed E-state index contributed by atoms with van der Waals surface area (Å²) in [6, 6.07) is 27.8. The van der Waals surface area contributed by atoms with E-state index in [1.165, 1.54) is 0 Å². The van der Waals surface area contributed by atoms with Crippen molar-refractivity contribution in [3.8, 4) is 17.2 Å². The van der Waals surface area contributed by atoms with Gasteiger partial charge < -0.3 is 10.6 Å². The highest BCUT2D eigenvalue weighted by molar-refractivity contribution is 6.02. The van der Waals surface area contributed by atoms with Crippen molar-refractivity contribution in [2.24, 2.45) is 0 Å². The van der Waals surface area contributed by atoms with Crippen LogP contribution in [0.4, 0.5) is 0 Å². The normalized spacial score (nSPS) is 11.2. The third-order valence-corrected chi connectivity index (χ3v) is 4.70. The Kier molecular flexibility index (Phi) is 7.34. The van der Waals surface area contributed by atoms with Crippen LogP contribution in [0, 0.1) is 11.3 Å². The van der Waals surface area contributed by atoms with E-state index in [2.05, 4.69) is 10.6 Å². The molecule has 30 heavy (non-hydrogen) atoms. The van der Waals surface area contributed by atoms with E-state index in [-0.39, 0.29) is 24.8 Å². The Morgan fingerprint density at radius 2 is 1.50 bits per heavy atom. The molecule has 0 aliphatic heterocycles. The van der Waals surface area contributed by atoms with E-state index in [1.54, 1.807) is 12.1 Å². The number of rotatable bonds is 8. The summed E-state index contributed by atoms with van der Waals surface area (Å²) in [5, 5.41) is 14.3. The van der Waals surface area contributed by atoms with Crippen molar-refractivity contribution in [2.75, 3.05) is 6.54 Å². The number of benzene rings is 3. The Bertz CT molecular complexity index is 1030. The van der Waals surface area contributed by atoms with Gasteiger partial charge in [0.15, 0.2) is 0 Å². The summed E-state index contributed by atoms with van der Waals surface area (Å²) in [5.74, 6) is -0.620. The zero-order chi connectivity index (χ0) is 21.2. The number of nitrogens with zero attached hydrogens (tertiary/aromatic N) is 1. The standard InChI is InChI=1S/C25H23N3O2/c26-16-9-17-27-25(30)23(18-19-10-3-1-4-11-19)28-24(29)22-15-8-7-14-21(22)20-12-5-2-6-13-20/h1-8,10-15,23H,9,17-18H2,(H,27,30)(H,28,29). The molecule has 0 bridgehead atoms. The second kappa shape index (κ2) is 10.6. The SMILES string of the molecule is N#CCCNC(=O)C(Cc1ccccc1)NC(=O)c1ccccc1-c1ccccc1. The van der Waals surface area contributed by atoms with E-state index in [1.807, 2.05) is 78.9 Å². The van der Waals surface area contributed by atoms with Gasteiger partial charge in [0.1, 0.15) is 6.04 Å². The molecule has 1 unspecified atom stereocenters. The number of carbonyl (C=O) groups is 2. The zero-order valence-corrected chi connectivity index (χ0v) is 16.5. The highest BCUT2D eigenvalue weighted by Crippen LogP contribution is 2.23. The van der Waals surface area contributed by atoms with E-state index in [4.69, 9.17) is 5.26 Å². The first-order valence-corrected chi connectivity index (χ1v) is 9.83. The highest BCUT2D eigenvalue weighted by Gasteiger charge is 2.23. The molecule has 0 aliphatic carbocycles. The van der Waals surface area contributed by atoms with Crippen LogP contribution in [-0.2, 0) is 11.2 Å². The lowest BCUT2D eigenvalue weighted by Gasteiger charge is -2.19. The average molecular weight is 397 g/mol. The molecule has 2 N–H and O–H groups in total. The summed E-state index contributed by atoms with van der Waals surface area (Å²) >= 11 is 0. The Morgan fingerprint density at radius 3 is 2.20 bits per heavy atom. The van der Waals surface area contributed by atoms with Crippen molar-refractivity contribution in [2.45, 2.75) is 18.9 Å². The maximum Gasteiger partial charge on any atom is 0.252 e. The molecule has 3 aromatic carbocycles. The molecule has 150 valence electrons. The molecule has 1 atom stereocenters. The summed E-state index contributed by atoms with van der Waals surface area (Å²) in [6.07, 6.45) is 0.576. The molecule has 0 aliphatic rings. The summed E-state index contributed by atoms with van der Waals surface area (Å²) in [5.41, 5.74) is 3.18. The van der Waals surface area contributed by atoms with Crippen LogP contribution in [0.1, 0.15) is 22.3 Å². The first kappa shape index (κ1) is 20.8. The van der Waals surface area contributed by atoms with Crippen LogP contribution in [0.3, 0.4) is 0 Å². The van der Waals surface area contributed by atoms with Crippen molar-refractivity contribution >= 4 is 11.8 Å². The summed E-state index contributed by atoms with van der Waals surface area (Å²) in [4.78, 5) is 25.8. The van der Waals surface area contributed by atoms with E-state index in [0.717, 1.165) is 16.7 Å². The predicted octanol–water partition coefficient (Wildman–Crippen LogP) is 3.72. The molecule has 5 nitrogen and oxygen atoms in total. The van der Waals surface area contributed by atoms with Gasteiger partial charge in [-0.05, 0) is 22.8 Å². The Morgan fingerprint density at radius 1 is 0.867 bits per heavy atom. The molecule has 0 fully saturated rings. The molecule has 0 aromatic heterocycles. The van der Waals surface area contributed by atoms with Gasteiger partial charge in [0.2, 0.25) is 5.91 Å². The lowest BCUT2D eigenvalue weighted by Crippen LogP contribution is -2.48. The monoisotopic (exact) mass is 397 g/mol. The van der Waals surface area contributed by atoms with Gasteiger partial charge in [-0.15, -0.1) is 0 Å². The summed E-state index contributed by atoms with van der Waals surface area (Å²) < 4.78 is 0. The van der Waals surface area contributed by atoms with Crippen molar-refractivity contribution < 1.29 is 9.59 Å². The number of nitrogens with one attached hydrogen (secondary N) is 2. The van der Waals surface area contributed by atoms with E-state index < -0.39 is 6.04 Å². The van der Waals surface area contributed by atoms with Gasteiger partial charge in [-0.25, -0.2) is 0 Å². The number of nitriles is 1. The second-order valence-corrected chi connectivity index (χ2v) is 6.83.